The van der Waals surface area contributed by atoms with Gasteiger partial charge in [-0.1, -0.05) is 62.4 Å². The highest BCUT2D eigenvalue weighted by molar-refractivity contribution is 8.03. The maximum Gasteiger partial charge on any atom is 0.306 e. The number of anilines is 1. The van der Waals surface area contributed by atoms with Crippen LogP contribution in [0.4, 0.5) is 11.4 Å². The van der Waals surface area contributed by atoms with Crippen LogP contribution in [0.3, 0.4) is 0 Å². The van der Waals surface area contributed by atoms with Crippen molar-refractivity contribution in [1.82, 2.24) is 0 Å². The normalized spacial score (nSPS) is 18.5. The summed E-state index contributed by atoms with van der Waals surface area (Å²) in [4.78, 5) is 27.7. The average molecular weight is 970 g/mol. The number of ether oxygens (including phenoxy) is 1. The molecule has 3 aliphatic rings. The van der Waals surface area contributed by atoms with Crippen molar-refractivity contribution in [2.75, 3.05) is 69.0 Å². The number of para-hydroxylation sites is 2. The molecular weight excluding hydrogens is 899 g/mol. The maximum absolute atomic E-state index is 13.1. The Kier molecular flexibility index (Phi) is 18.3. The van der Waals surface area contributed by atoms with Crippen LogP contribution in [0.1, 0.15) is 109 Å². The van der Waals surface area contributed by atoms with Crippen LogP contribution in [0, 0.1) is 0 Å². The summed E-state index contributed by atoms with van der Waals surface area (Å²) in [5.74, 6) is -1.18. The SMILES string of the molecule is CC1(C)C(/C=C/C2=C(SCCC(=O)OCC[N+](C)(C)CCCS(=O)(=O)O)C(=C/C=C3/N(CCCCS(=O)(=O)O)c4ccccc4C3(C)C)/CCC2)=[N+](CCCCCC(=O)O)c2ccccc21. The molecule has 2 heterocycles. The molecule has 2 aromatic carbocycles. The van der Waals surface area contributed by atoms with Crippen molar-refractivity contribution in [2.24, 2.45) is 0 Å². The number of likely N-dealkylation sites (N-methyl/N-ethyl adjacent to an activating group) is 1. The summed E-state index contributed by atoms with van der Waals surface area (Å²) in [7, 11) is -4.23. The van der Waals surface area contributed by atoms with Gasteiger partial charge in [-0.25, -0.2) is 0 Å². The molecule has 2 aromatic rings. The van der Waals surface area contributed by atoms with E-state index in [1.165, 1.54) is 33.7 Å². The number of benzene rings is 2. The summed E-state index contributed by atoms with van der Waals surface area (Å²) in [6.45, 7) is 11.5. The second-order valence-electron chi connectivity index (χ2n) is 19.3. The molecule has 5 rings (SSSR count). The monoisotopic (exact) mass is 969 g/mol. The van der Waals surface area contributed by atoms with Crippen molar-refractivity contribution >= 4 is 61.0 Å². The van der Waals surface area contributed by atoms with Gasteiger partial charge in [-0.3, -0.25) is 18.7 Å². The number of carbonyl (C=O) groups is 2. The first kappa shape index (κ1) is 52.9. The summed E-state index contributed by atoms with van der Waals surface area (Å²) >= 11 is 1.66. The molecule has 0 spiro atoms. The van der Waals surface area contributed by atoms with Gasteiger partial charge in [0.15, 0.2) is 5.71 Å². The molecule has 0 unspecified atom stereocenters. The van der Waals surface area contributed by atoms with Gasteiger partial charge in [0.25, 0.3) is 20.2 Å². The van der Waals surface area contributed by atoms with Crippen LogP contribution in [-0.2, 0) is 45.4 Å². The third-order valence-corrected chi connectivity index (χ3v) is 15.8. The molecule has 16 heteroatoms. The number of rotatable bonds is 25. The van der Waals surface area contributed by atoms with E-state index in [2.05, 4.69) is 97.9 Å². The summed E-state index contributed by atoms with van der Waals surface area (Å²) in [6.07, 6.45) is 15.4. The molecule has 0 saturated carbocycles. The second-order valence-corrected chi connectivity index (χ2v) is 23.5. The zero-order valence-electron chi connectivity index (χ0n) is 39.6. The van der Waals surface area contributed by atoms with E-state index in [-0.39, 0.29) is 47.8 Å². The number of hydrogen-bond donors (Lipinski definition) is 3. The predicted octanol–water partition coefficient (Wildman–Crippen LogP) is 9.00. The number of nitrogens with zero attached hydrogens (tertiary/aromatic N) is 3. The van der Waals surface area contributed by atoms with E-state index >= 15 is 0 Å². The van der Waals surface area contributed by atoms with Gasteiger partial charge in [0.1, 0.15) is 19.7 Å². The van der Waals surface area contributed by atoms with E-state index < -0.39 is 26.2 Å². The lowest BCUT2D eigenvalue weighted by molar-refractivity contribution is -0.890. The van der Waals surface area contributed by atoms with Gasteiger partial charge >= 0.3 is 11.9 Å². The number of fused-ring (bicyclic) bond motifs is 2. The standard InChI is InChI=1S/C50H69N3O10S3/c1-49(2)40-20-9-11-22-42(40)51(30-13-7-8-24-46(54)55)44(49)27-25-38-18-16-19-39(48(38)64-35-29-47(56)63-34-33-53(5,6)32-17-37-66(60,61)62)26-28-45-50(3,4)41-21-10-12-23-43(41)52(45)31-14-15-36-65(57,58)59/h9-12,20-23,25-28H,7-8,13-19,24,29-37H2,1-6H3,(H-2,54,55,57,58,59,60,61,62)/p+2. The predicted molar refractivity (Wildman–Crippen MR) is 265 cm³/mol. The first-order valence-electron chi connectivity index (χ1n) is 23.2. The smallest absolute Gasteiger partial charge is 0.306 e. The van der Waals surface area contributed by atoms with Gasteiger partial charge < -0.3 is 19.2 Å². The molecule has 0 bridgehead atoms. The van der Waals surface area contributed by atoms with Crippen LogP contribution in [0.2, 0.25) is 0 Å². The van der Waals surface area contributed by atoms with Crippen LogP contribution < -0.4 is 4.90 Å². The summed E-state index contributed by atoms with van der Waals surface area (Å²) in [5.41, 5.74) is 8.69. The van der Waals surface area contributed by atoms with Crippen molar-refractivity contribution in [3.63, 3.8) is 0 Å². The van der Waals surface area contributed by atoms with Gasteiger partial charge in [0.05, 0.1) is 44.0 Å². The van der Waals surface area contributed by atoms with Gasteiger partial charge in [0, 0.05) is 71.0 Å². The fraction of sp³-hybridized carbons (Fsp3) is 0.540. The van der Waals surface area contributed by atoms with Crippen molar-refractivity contribution < 1.29 is 54.4 Å². The Hall–Kier alpha value is -4.06. The van der Waals surface area contributed by atoms with Crippen LogP contribution in [0.5, 0.6) is 0 Å². The third kappa shape index (κ3) is 14.7. The van der Waals surface area contributed by atoms with Gasteiger partial charge in [-0.05, 0) is 87.6 Å². The Labute approximate surface area is 397 Å². The average Bonchev–Trinajstić information content (AvgIpc) is 3.57. The molecule has 0 saturated heterocycles. The van der Waals surface area contributed by atoms with E-state index in [0.29, 0.717) is 55.6 Å². The molecule has 13 nitrogen and oxygen atoms in total. The van der Waals surface area contributed by atoms with E-state index in [1.807, 2.05) is 26.2 Å². The zero-order chi connectivity index (χ0) is 48.3. The van der Waals surface area contributed by atoms with Gasteiger partial charge in [-0.2, -0.15) is 21.4 Å². The molecule has 3 N–H and O–H groups in total. The first-order valence-corrected chi connectivity index (χ1v) is 27.4. The minimum atomic E-state index is -4.06. The molecule has 0 radical (unpaired) electrons. The Morgan fingerprint density at radius 2 is 1.48 bits per heavy atom. The first-order chi connectivity index (χ1) is 31.0. The highest BCUT2D eigenvalue weighted by atomic mass is 32.2. The highest BCUT2D eigenvalue weighted by Gasteiger charge is 2.44. The molecule has 0 aromatic heterocycles. The highest BCUT2D eigenvalue weighted by Crippen LogP contribution is 2.48. The number of hydrogen-bond acceptors (Lipinski definition) is 9. The number of allylic oxidation sites excluding steroid dienone is 7. The number of thioether (sulfide) groups is 1. The van der Waals surface area contributed by atoms with Crippen molar-refractivity contribution in [2.45, 2.75) is 109 Å². The van der Waals surface area contributed by atoms with Crippen LogP contribution in [-0.4, -0.2) is 122 Å². The molecule has 0 fully saturated rings. The zero-order valence-corrected chi connectivity index (χ0v) is 42.1. The Morgan fingerprint density at radius 1 is 0.803 bits per heavy atom. The Morgan fingerprint density at radius 3 is 2.20 bits per heavy atom. The minimum absolute atomic E-state index is 0.163. The fourth-order valence-corrected chi connectivity index (χ4v) is 11.6. The Balaban J connectivity index is 1.45. The molecule has 0 atom stereocenters. The number of aliphatic carboxylic acids is 1. The summed E-state index contributed by atoms with van der Waals surface area (Å²) in [6, 6.07) is 16.8. The molecular formula is C50H71N3O10S3+2. The van der Waals surface area contributed by atoms with Crippen LogP contribution in [0.15, 0.2) is 94.6 Å². The lowest BCUT2D eigenvalue weighted by Crippen LogP contribution is -2.43. The topological polar surface area (TPSA) is 179 Å². The number of carboxylic acid groups (broad SMARTS) is 1. The van der Waals surface area contributed by atoms with Crippen LogP contribution in [0.25, 0.3) is 0 Å². The number of esters is 1. The third-order valence-electron chi connectivity index (χ3n) is 12.9. The molecule has 1 aliphatic carbocycles. The van der Waals surface area contributed by atoms with Crippen molar-refractivity contribution in [3.05, 3.63) is 106 Å². The van der Waals surface area contributed by atoms with E-state index in [0.717, 1.165) is 54.9 Å². The molecule has 362 valence electrons. The summed E-state index contributed by atoms with van der Waals surface area (Å²) in [5, 5.41) is 9.20. The fourth-order valence-electron chi connectivity index (χ4n) is 9.31. The van der Waals surface area contributed by atoms with Gasteiger partial charge in [-0.15, -0.1) is 11.8 Å². The van der Waals surface area contributed by atoms with Gasteiger partial charge in [0.2, 0.25) is 5.69 Å². The summed E-state index contributed by atoms with van der Waals surface area (Å²) < 4.78 is 72.4. The second kappa shape index (κ2) is 22.8. The number of unbranched alkanes of at least 4 members (excludes halogenated alkanes) is 3. The lowest BCUT2D eigenvalue weighted by Gasteiger charge is -2.29. The molecule has 2 aliphatic heterocycles. The quantitative estimate of drug-likeness (QED) is 0.0283. The Bertz CT molecular complexity index is 2470. The largest absolute Gasteiger partial charge is 0.481 e. The molecule has 66 heavy (non-hydrogen) atoms. The number of quaternary nitrogens is 1. The maximum atomic E-state index is 13.1. The van der Waals surface area contributed by atoms with E-state index in [1.54, 1.807) is 11.8 Å². The van der Waals surface area contributed by atoms with Crippen molar-refractivity contribution in [1.29, 1.82) is 0 Å². The lowest BCUT2D eigenvalue weighted by atomic mass is 9.81. The van der Waals surface area contributed by atoms with Crippen molar-refractivity contribution in [3.8, 4) is 0 Å². The van der Waals surface area contributed by atoms with Crippen LogP contribution >= 0.6 is 11.8 Å². The van der Waals surface area contributed by atoms with E-state index in [4.69, 9.17) is 9.29 Å². The number of carbonyl (C=O) groups excluding carboxylic acids is 1. The minimum Gasteiger partial charge on any atom is -0.481 e. The number of carboxylic acids is 1. The van der Waals surface area contributed by atoms with E-state index in [9.17, 15) is 36.1 Å². The molecule has 0 amide bonds.